The van der Waals surface area contributed by atoms with Crippen molar-refractivity contribution in [2.45, 2.75) is 81.8 Å². The fourth-order valence-corrected chi connectivity index (χ4v) is 5.26. The lowest BCUT2D eigenvalue weighted by atomic mass is 9.95. The number of carbonyl (C=O) groups excluding carboxylic acids is 1. The maximum atomic E-state index is 13.2. The number of carbonyl (C=O) groups is 1. The number of benzene rings is 1. The highest BCUT2D eigenvalue weighted by molar-refractivity contribution is 7.94. The molecule has 0 radical (unpaired) electrons. The van der Waals surface area contributed by atoms with Crippen LogP contribution in [0.2, 0.25) is 0 Å². The Labute approximate surface area is 175 Å². The number of rotatable bonds is 6. The van der Waals surface area contributed by atoms with Gasteiger partial charge in [0.2, 0.25) is 0 Å². The summed E-state index contributed by atoms with van der Waals surface area (Å²) < 4.78 is 31.5. The van der Waals surface area contributed by atoms with Gasteiger partial charge < -0.3 is 4.74 Å². The number of aryl methyl sites for hydroxylation is 1. The Balaban J connectivity index is 1.84. The Morgan fingerprint density at radius 1 is 1.03 bits per heavy atom. The zero-order chi connectivity index (χ0) is 20.9. The molecule has 6 heteroatoms. The number of piperidine rings is 1. The van der Waals surface area contributed by atoms with E-state index in [1.807, 2.05) is 6.92 Å². The van der Waals surface area contributed by atoms with Crippen LogP contribution in [-0.2, 0) is 19.4 Å². The van der Waals surface area contributed by atoms with E-state index in [1.165, 1.54) is 11.8 Å². The summed E-state index contributed by atoms with van der Waals surface area (Å²) in [5.41, 5.74) is -0.0718. The summed E-state index contributed by atoms with van der Waals surface area (Å²) in [4.78, 5) is 15.5. The number of ether oxygens (including phenoxy) is 1. The molecule has 0 N–H and O–H groups in total. The van der Waals surface area contributed by atoms with Gasteiger partial charge in [0.1, 0.15) is 11.6 Å². The Bertz CT molecular complexity index is 819. The van der Waals surface area contributed by atoms with E-state index < -0.39 is 15.4 Å². The predicted octanol–water partition coefficient (Wildman–Crippen LogP) is 4.40. The first-order chi connectivity index (χ1) is 13.8. The van der Waals surface area contributed by atoms with Gasteiger partial charge in [-0.25, -0.2) is 13.2 Å². The summed E-state index contributed by atoms with van der Waals surface area (Å²) in [7, 11) is -3.63. The van der Waals surface area contributed by atoms with Crippen LogP contribution >= 0.6 is 0 Å². The minimum absolute atomic E-state index is 0.0533. The van der Waals surface area contributed by atoms with Crippen LogP contribution in [0, 0.1) is 6.92 Å². The molecule has 1 aromatic carbocycles. The van der Waals surface area contributed by atoms with Crippen molar-refractivity contribution in [3.05, 3.63) is 41.3 Å². The first-order valence-corrected chi connectivity index (χ1v) is 12.3. The van der Waals surface area contributed by atoms with Crippen LogP contribution in [0.5, 0.6) is 0 Å². The quantitative estimate of drug-likeness (QED) is 0.640. The third kappa shape index (κ3) is 5.48. The third-order valence-electron chi connectivity index (χ3n) is 6.17. The second-order valence-corrected chi connectivity index (χ2v) is 10.4. The van der Waals surface area contributed by atoms with Crippen molar-refractivity contribution in [2.24, 2.45) is 0 Å². The van der Waals surface area contributed by atoms with Crippen LogP contribution < -0.4 is 0 Å². The molecule has 3 rings (SSSR count). The summed E-state index contributed by atoms with van der Waals surface area (Å²) in [6.07, 6.45) is 9.77. The lowest BCUT2D eigenvalue weighted by molar-refractivity contribution is -0.161. The number of likely N-dealkylation sites (tertiary alicyclic amines) is 1. The van der Waals surface area contributed by atoms with Gasteiger partial charge in [-0.1, -0.05) is 30.5 Å². The fraction of sp³-hybridized carbons (Fsp3) is 0.609. The normalized spacial score (nSPS) is 21.7. The molecule has 1 aliphatic carbocycles. The number of esters is 1. The van der Waals surface area contributed by atoms with Gasteiger partial charge in [0.15, 0.2) is 9.84 Å². The molecule has 0 bridgehead atoms. The highest BCUT2D eigenvalue weighted by Gasteiger charge is 2.41. The number of sulfone groups is 1. The van der Waals surface area contributed by atoms with Crippen LogP contribution in [0.25, 0.3) is 0 Å². The molecule has 1 aromatic rings. The van der Waals surface area contributed by atoms with E-state index in [4.69, 9.17) is 4.74 Å². The smallest absolute Gasteiger partial charge is 0.330 e. The van der Waals surface area contributed by atoms with Gasteiger partial charge in [0.25, 0.3) is 0 Å². The van der Waals surface area contributed by atoms with Crippen LogP contribution in [0.1, 0.15) is 63.9 Å². The van der Waals surface area contributed by atoms with Crippen molar-refractivity contribution in [3.8, 4) is 0 Å². The average molecular weight is 420 g/mol. The van der Waals surface area contributed by atoms with Gasteiger partial charge >= 0.3 is 5.97 Å². The molecule has 2 fully saturated rings. The minimum Gasteiger partial charge on any atom is -0.461 e. The van der Waals surface area contributed by atoms with E-state index in [2.05, 4.69) is 4.90 Å². The lowest BCUT2D eigenvalue weighted by Gasteiger charge is -2.40. The molecule has 2 aliphatic rings. The molecule has 1 saturated carbocycles. The Morgan fingerprint density at radius 3 is 2.24 bits per heavy atom. The zero-order valence-electron chi connectivity index (χ0n) is 17.6. The van der Waals surface area contributed by atoms with E-state index in [0.29, 0.717) is 0 Å². The van der Waals surface area contributed by atoms with Crippen LogP contribution in [0.15, 0.2) is 40.6 Å². The number of nitrogens with zero attached hydrogens (tertiary/aromatic N) is 1. The summed E-state index contributed by atoms with van der Waals surface area (Å²) in [6.45, 7) is 5.25. The van der Waals surface area contributed by atoms with Gasteiger partial charge in [0, 0.05) is 5.41 Å². The molecule has 29 heavy (non-hydrogen) atoms. The van der Waals surface area contributed by atoms with Crippen molar-refractivity contribution in [2.75, 3.05) is 13.1 Å². The Kier molecular flexibility index (Phi) is 7.17. The van der Waals surface area contributed by atoms with E-state index in [9.17, 15) is 13.2 Å². The van der Waals surface area contributed by atoms with Gasteiger partial charge in [0.05, 0.1) is 4.90 Å². The number of hydrogen-bond acceptors (Lipinski definition) is 5. The van der Waals surface area contributed by atoms with Crippen molar-refractivity contribution in [1.29, 1.82) is 0 Å². The van der Waals surface area contributed by atoms with Gasteiger partial charge in [-0.15, -0.1) is 0 Å². The van der Waals surface area contributed by atoms with Crippen LogP contribution in [0.4, 0.5) is 0 Å². The largest absolute Gasteiger partial charge is 0.461 e. The van der Waals surface area contributed by atoms with Crippen LogP contribution in [0.3, 0.4) is 0 Å². The number of hydrogen-bond donors (Lipinski definition) is 0. The highest BCUT2D eigenvalue weighted by atomic mass is 32.2. The fourth-order valence-electron chi connectivity index (χ4n) is 4.14. The first kappa shape index (κ1) is 22.0. The molecule has 0 spiro atoms. The summed E-state index contributed by atoms with van der Waals surface area (Å²) in [6, 6.07) is 6.77. The monoisotopic (exact) mass is 419 g/mol. The van der Waals surface area contributed by atoms with Crippen molar-refractivity contribution < 1.29 is 17.9 Å². The molecule has 0 aromatic heterocycles. The molecule has 1 unspecified atom stereocenters. The van der Waals surface area contributed by atoms with Crippen molar-refractivity contribution in [1.82, 2.24) is 4.90 Å². The van der Waals surface area contributed by atoms with Crippen molar-refractivity contribution in [3.63, 3.8) is 0 Å². The SMILES string of the molecule is Cc1ccc(S(=O)(=O)/C=C/C(C)(C(=O)OC2CCCCC2)N2CCCCC2)cc1. The molecule has 1 heterocycles. The standard InChI is InChI=1S/C23H33NO4S/c1-19-11-13-21(14-12-19)29(26,27)18-15-23(2,24-16-7-4-8-17-24)22(25)28-20-9-5-3-6-10-20/h11-15,18,20H,3-10,16-17H2,1-2H3/b18-15+. The van der Waals surface area contributed by atoms with Gasteiger partial charge in [-0.05, 0) is 83.7 Å². The van der Waals surface area contributed by atoms with Crippen LogP contribution in [-0.4, -0.2) is 44.0 Å². The lowest BCUT2D eigenvalue weighted by Crippen LogP contribution is -2.54. The predicted molar refractivity (Wildman–Crippen MR) is 114 cm³/mol. The Hall–Kier alpha value is -1.66. The topological polar surface area (TPSA) is 63.7 Å². The Morgan fingerprint density at radius 2 is 1.62 bits per heavy atom. The van der Waals surface area contributed by atoms with E-state index in [-0.39, 0.29) is 17.0 Å². The molecule has 1 saturated heterocycles. The molecule has 1 aliphatic heterocycles. The molecular formula is C23H33NO4S. The second-order valence-electron chi connectivity index (χ2n) is 8.52. The molecule has 1 atom stereocenters. The first-order valence-electron chi connectivity index (χ1n) is 10.8. The molecule has 0 amide bonds. The van der Waals surface area contributed by atoms with Crippen molar-refractivity contribution >= 4 is 15.8 Å². The summed E-state index contributed by atoms with van der Waals surface area (Å²) in [5.74, 6) is -0.332. The second kappa shape index (κ2) is 9.43. The summed E-state index contributed by atoms with van der Waals surface area (Å²) >= 11 is 0. The van der Waals surface area contributed by atoms with E-state index in [0.717, 1.165) is 63.6 Å². The average Bonchev–Trinajstić information content (AvgIpc) is 2.74. The molecule has 160 valence electrons. The van der Waals surface area contributed by atoms with Gasteiger partial charge in [-0.3, -0.25) is 4.90 Å². The zero-order valence-corrected chi connectivity index (χ0v) is 18.4. The third-order valence-corrected chi connectivity index (χ3v) is 7.60. The highest BCUT2D eigenvalue weighted by Crippen LogP contribution is 2.28. The minimum atomic E-state index is -3.63. The molecular weight excluding hydrogens is 386 g/mol. The van der Waals surface area contributed by atoms with Gasteiger partial charge in [-0.2, -0.15) is 0 Å². The maximum Gasteiger partial charge on any atom is 0.330 e. The van der Waals surface area contributed by atoms with E-state index >= 15 is 0 Å². The van der Waals surface area contributed by atoms with E-state index in [1.54, 1.807) is 37.3 Å². The summed E-state index contributed by atoms with van der Waals surface area (Å²) in [5, 5.41) is 1.19. The molecule has 5 nitrogen and oxygen atoms in total. The maximum absolute atomic E-state index is 13.2.